The second kappa shape index (κ2) is 9.41. The van der Waals surface area contributed by atoms with Gasteiger partial charge in [0.05, 0.1) is 17.2 Å². The summed E-state index contributed by atoms with van der Waals surface area (Å²) in [5.41, 5.74) is 2.63. The van der Waals surface area contributed by atoms with Crippen molar-refractivity contribution in [2.45, 2.75) is 13.2 Å². The lowest BCUT2D eigenvalue weighted by molar-refractivity contribution is 0.281. The van der Waals surface area contributed by atoms with Crippen molar-refractivity contribution in [3.8, 4) is 17.2 Å². The van der Waals surface area contributed by atoms with Crippen LogP contribution in [0.3, 0.4) is 0 Å². The van der Waals surface area contributed by atoms with Gasteiger partial charge in [0.2, 0.25) is 0 Å². The Labute approximate surface area is 182 Å². The van der Waals surface area contributed by atoms with Crippen molar-refractivity contribution in [3.05, 3.63) is 80.2 Å². The fourth-order valence-corrected chi connectivity index (χ4v) is 3.64. The van der Waals surface area contributed by atoms with Crippen LogP contribution >= 0.6 is 39.1 Å². The topological polar surface area (TPSA) is 50.7 Å². The van der Waals surface area contributed by atoms with E-state index in [-0.39, 0.29) is 15.8 Å². The van der Waals surface area contributed by atoms with E-state index in [1.807, 2.05) is 42.5 Å². The van der Waals surface area contributed by atoms with Crippen LogP contribution in [0.4, 0.5) is 5.69 Å². The van der Waals surface area contributed by atoms with Crippen LogP contribution in [0.5, 0.6) is 17.2 Å². The van der Waals surface area contributed by atoms with Crippen molar-refractivity contribution in [3.63, 3.8) is 0 Å². The van der Waals surface area contributed by atoms with Crippen LogP contribution in [0.1, 0.15) is 11.1 Å². The molecule has 0 aromatic heterocycles. The predicted octanol–water partition coefficient (Wildman–Crippen LogP) is 6.66. The number of phenols is 1. The minimum absolute atomic E-state index is 0.134. The number of halogens is 3. The molecular formula is C21H18BrCl2NO3. The largest absolute Gasteiger partial charge is 0.505 e. The highest BCUT2D eigenvalue weighted by Crippen LogP contribution is 2.37. The van der Waals surface area contributed by atoms with Gasteiger partial charge in [0.25, 0.3) is 0 Å². The Kier molecular flexibility index (Phi) is 6.94. The summed E-state index contributed by atoms with van der Waals surface area (Å²) in [6.07, 6.45) is 0. The number of hydrogen-bond acceptors (Lipinski definition) is 4. The molecule has 0 aliphatic carbocycles. The Bertz CT molecular complexity index is 944. The monoisotopic (exact) mass is 481 g/mol. The molecule has 3 rings (SSSR count). The lowest BCUT2D eigenvalue weighted by atomic mass is 10.1. The summed E-state index contributed by atoms with van der Waals surface area (Å²) in [5, 5.41) is 13.3. The van der Waals surface area contributed by atoms with Crippen LogP contribution in [0.25, 0.3) is 0 Å². The van der Waals surface area contributed by atoms with Gasteiger partial charge in [-0.05, 0) is 29.8 Å². The zero-order valence-corrected chi connectivity index (χ0v) is 18.1. The first-order valence-corrected chi connectivity index (χ1v) is 9.98. The maximum atomic E-state index is 9.71. The zero-order chi connectivity index (χ0) is 20.1. The molecule has 0 bridgehead atoms. The number of benzene rings is 3. The third-order valence-corrected chi connectivity index (χ3v) is 5.08. The highest BCUT2D eigenvalue weighted by molar-refractivity contribution is 9.10. The number of phenolic OH excluding ortho intramolecular Hbond substituents is 1. The molecule has 146 valence electrons. The molecule has 28 heavy (non-hydrogen) atoms. The molecule has 0 saturated carbocycles. The van der Waals surface area contributed by atoms with Crippen LogP contribution < -0.4 is 14.8 Å². The smallest absolute Gasteiger partial charge is 0.166 e. The SMILES string of the molecule is COc1cc(Br)cc(CNc2cc(Cl)c(O)c(Cl)c2)c1OCc1ccccc1. The summed E-state index contributed by atoms with van der Waals surface area (Å²) in [5.74, 6) is 1.15. The first-order chi connectivity index (χ1) is 13.5. The fourth-order valence-electron chi connectivity index (χ4n) is 2.66. The highest BCUT2D eigenvalue weighted by Gasteiger charge is 2.14. The van der Waals surface area contributed by atoms with Gasteiger partial charge in [0.1, 0.15) is 6.61 Å². The molecule has 7 heteroatoms. The number of hydrogen-bond donors (Lipinski definition) is 2. The van der Waals surface area contributed by atoms with Crippen molar-refractivity contribution < 1.29 is 14.6 Å². The average molecular weight is 483 g/mol. The Hall–Kier alpha value is -2.08. The summed E-state index contributed by atoms with van der Waals surface area (Å²) < 4.78 is 12.5. The first-order valence-electron chi connectivity index (χ1n) is 8.43. The van der Waals surface area contributed by atoms with Crippen LogP contribution in [0.15, 0.2) is 59.1 Å². The molecule has 3 aromatic rings. The van der Waals surface area contributed by atoms with Gasteiger partial charge in [0.15, 0.2) is 17.2 Å². The number of anilines is 1. The molecule has 0 radical (unpaired) electrons. The normalized spacial score (nSPS) is 10.6. The molecule has 0 fully saturated rings. The number of nitrogens with one attached hydrogen (secondary N) is 1. The third kappa shape index (κ3) is 5.04. The van der Waals surface area contributed by atoms with Gasteiger partial charge < -0.3 is 19.9 Å². The second-order valence-corrected chi connectivity index (χ2v) is 7.74. The number of aromatic hydroxyl groups is 1. The van der Waals surface area contributed by atoms with Crippen LogP contribution in [0.2, 0.25) is 10.0 Å². The van der Waals surface area contributed by atoms with Crippen molar-refractivity contribution in [2.75, 3.05) is 12.4 Å². The molecule has 0 spiro atoms. The summed E-state index contributed by atoms with van der Waals surface area (Å²) in [6, 6.07) is 17.0. The van der Waals surface area contributed by atoms with Gasteiger partial charge in [-0.25, -0.2) is 0 Å². The van der Waals surface area contributed by atoms with E-state index in [1.165, 1.54) is 0 Å². The standard InChI is InChI=1S/C21H18BrCl2NO3/c1-27-19-8-15(22)7-14(21(19)28-12-13-5-3-2-4-6-13)11-25-16-9-17(23)20(26)18(24)10-16/h2-10,25-26H,11-12H2,1H3. The maximum Gasteiger partial charge on any atom is 0.166 e. The van der Waals surface area contributed by atoms with Crippen molar-refractivity contribution in [1.29, 1.82) is 0 Å². The molecular weight excluding hydrogens is 465 g/mol. The summed E-state index contributed by atoms with van der Waals surface area (Å²) >= 11 is 15.5. The Balaban J connectivity index is 1.84. The summed E-state index contributed by atoms with van der Waals surface area (Å²) in [4.78, 5) is 0. The molecule has 0 heterocycles. The van der Waals surface area contributed by atoms with Gasteiger partial charge in [0, 0.05) is 22.3 Å². The van der Waals surface area contributed by atoms with Crippen molar-refractivity contribution in [2.24, 2.45) is 0 Å². The van der Waals surface area contributed by atoms with E-state index in [4.69, 9.17) is 32.7 Å². The molecule has 0 unspecified atom stereocenters. The molecule has 4 nitrogen and oxygen atoms in total. The van der Waals surface area contributed by atoms with Crippen molar-refractivity contribution >= 4 is 44.8 Å². The molecule has 0 amide bonds. The molecule has 0 atom stereocenters. The Morgan fingerprint density at radius 3 is 2.36 bits per heavy atom. The lowest BCUT2D eigenvalue weighted by Gasteiger charge is -2.17. The maximum absolute atomic E-state index is 9.71. The lowest BCUT2D eigenvalue weighted by Crippen LogP contribution is -2.05. The van der Waals surface area contributed by atoms with Gasteiger partial charge in [-0.15, -0.1) is 0 Å². The van der Waals surface area contributed by atoms with Gasteiger partial charge in [-0.2, -0.15) is 0 Å². The third-order valence-electron chi connectivity index (χ3n) is 4.04. The average Bonchev–Trinajstić information content (AvgIpc) is 2.69. The van der Waals surface area contributed by atoms with Crippen LogP contribution in [-0.4, -0.2) is 12.2 Å². The minimum atomic E-state index is -0.134. The number of rotatable bonds is 7. The molecule has 3 aromatic carbocycles. The number of methoxy groups -OCH3 is 1. The zero-order valence-electron chi connectivity index (χ0n) is 15.0. The minimum Gasteiger partial charge on any atom is -0.505 e. The highest BCUT2D eigenvalue weighted by atomic mass is 79.9. The van der Waals surface area contributed by atoms with Gasteiger partial charge in [-0.3, -0.25) is 0 Å². The molecule has 0 aliphatic rings. The number of ether oxygens (including phenoxy) is 2. The second-order valence-electron chi connectivity index (χ2n) is 6.01. The Morgan fingerprint density at radius 1 is 1.04 bits per heavy atom. The van der Waals surface area contributed by atoms with Crippen LogP contribution in [-0.2, 0) is 13.2 Å². The van der Waals surface area contributed by atoms with E-state index in [0.717, 1.165) is 15.6 Å². The van der Waals surface area contributed by atoms with E-state index in [1.54, 1.807) is 19.2 Å². The molecule has 0 aliphatic heterocycles. The van der Waals surface area contributed by atoms with E-state index in [0.29, 0.717) is 30.3 Å². The van der Waals surface area contributed by atoms with Crippen LogP contribution in [0, 0.1) is 0 Å². The Morgan fingerprint density at radius 2 is 1.71 bits per heavy atom. The van der Waals surface area contributed by atoms with Gasteiger partial charge in [-0.1, -0.05) is 69.5 Å². The van der Waals surface area contributed by atoms with E-state index in [9.17, 15) is 5.11 Å². The summed E-state index contributed by atoms with van der Waals surface area (Å²) in [7, 11) is 1.61. The fraction of sp³-hybridized carbons (Fsp3) is 0.143. The quantitative estimate of drug-likeness (QED) is 0.369. The first kappa shape index (κ1) is 20.6. The van der Waals surface area contributed by atoms with E-state index < -0.39 is 0 Å². The van der Waals surface area contributed by atoms with Crippen molar-refractivity contribution in [1.82, 2.24) is 0 Å². The van der Waals surface area contributed by atoms with E-state index in [2.05, 4.69) is 21.2 Å². The van der Waals surface area contributed by atoms with Gasteiger partial charge >= 0.3 is 0 Å². The molecule has 0 saturated heterocycles. The predicted molar refractivity (Wildman–Crippen MR) is 117 cm³/mol. The molecule has 2 N–H and O–H groups in total. The summed E-state index contributed by atoms with van der Waals surface area (Å²) in [6.45, 7) is 0.861. The van der Waals surface area contributed by atoms with E-state index >= 15 is 0 Å².